The van der Waals surface area contributed by atoms with Crippen molar-refractivity contribution in [2.45, 2.75) is 58.4 Å². The number of rotatable bonds is 2. The predicted octanol–water partition coefficient (Wildman–Crippen LogP) is 3.96. The second-order valence-electron chi connectivity index (χ2n) is 8.28. The number of nitrogens with zero attached hydrogens (tertiary/aromatic N) is 3. The van der Waals surface area contributed by atoms with Crippen molar-refractivity contribution in [3.63, 3.8) is 0 Å². The number of hydrogen-bond donors (Lipinski definition) is 4. The Labute approximate surface area is 203 Å². The van der Waals surface area contributed by atoms with Crippen LogP contribution in [-0.4, -0.2) is 53.1 Å². The van der Waals surface area contributed by atoms with E-state index in [2.05, 4.69) is 9.88 Å². The minimum absolute atomic E-state index is 0.280. The summed E-state index contributed by atoms with van der Waals surface area (Å²) in [5.74, 6) is 1.13. The average molecular weight is 472 g/mol. The quantitative estimate of drug-likeness (QED) is 0.481. The lowest BCUT2D eigenvalue weighted by Gasteiger charge is -2.37. The van der Waals surface area contributed by atoms with Gasteiger partial charge < -0.3 is 37.5 Å². The van der Waals surface area contributed by atoms with Crippen molar-refractivity contribution in [2.75, 3.05) is 49.1 Å². The molecule has 188 valence electrons. The van der Waals surface area contributed by atoms with Crippen LogP contribution in [0.15, 0.2) is 36.4 Å². The van der Waals surface area contributed by atoms with Crippen molar-refractivity contribution in [2.24, 2.45) is 0 Å². The molecule has 1 aromatic carbocycles. The number of hydrogen-bond acceptors (Lipinski definition) is 8. The first-order chi connectivity index (χ1) is 16.4. The number of nitrogen functional groups attached to an aromatic ring is 4. The highest BCUT2D eigenvalue weighted by atomic mass is 16.6. The zero-order valence-corrected chi connectivity index (χ0v) is 20.6. The van der Waals surface area contributed by atoms with Gasteiger partial charge in [0.2, 0.25) is 0 Å². The van der Waals surface area contributed by atoms with E-state index in [0.29, 0.717) is 29.0 Å². The molecule has 8 N–H and O–H groups in total. The molecule has 2 saturated heterocycles. The molecule has 0 bridgehead atoms. The fourth-order valence-corrected chi connectivity index (χ4v) is 4.11. The molecule has 0 atom stereocenters. The first-order valence-electron chi connectivity index (χ1n) is 12.3. The summed E-state index contributed by atoms with van der Waals surface area (Å²) >= 11 is 0. The number of anilines is 4. The number of nitrogens with two attached hydrogens (primary N) is 4. The number of benzene rings is 1. The van der Waals surface area contributed by atoms with Crippen molar-refractivity contribution in [1.29, 1.82) is 0 Å². The normalized spacial score (nSPS) is 16.8. The Hall–Kier alpha value is -3.20. The van der Waals surface area contributed by atoms with E-state index in [1.807, 2.05) is 26.0 Å². The number of aromatic nitrogens is 1. The molecule has 2 aliphatic heterocycles. The van der Waals surface area contributed by atoms with Crippen LogP contribution >= 0.6 is 0 Å². The molecule has 4 rings (SSSR count). The number of ether oxygens (including phenoxy) is 1. The molecule has 9 nitrogen and oxygen atoms in total. The van der Waals surface area contributed by atoms with E-state index < -0.39 is 0 Å². The number of carbonyl (C=O) groups excluding carboxylic acids is 1. The molecule has 0 aliphatic carbocycles. The molecule has 0 spiro atoms. The minimum atomic E-state index is -0.280. The smallest absolute Gasteiger partial charge is 0.408 e. The van der Waals surface area contributed by atoms with Crippen LogP contribution in [0.5, 0.6) is 5.75 Å². The molecule has 2 aliphatic rings. The van der Waals surface area contributed by atoms with Crippen LogP contribution in [0.25, 0.3) is 0 Å². The van der Waals surface area contributed by atoms with Gasteiger partial charge in [-0.3, -0.25) is 0 Å². The summed E-state index contributed by atoms with van der Waals surface area (Å²) in [5.41, 5.74) is 22.7. The van der Waals surface area contributed by atoms with Crippen LogP contribution < -0.4 is 27.7 Å². The molecule has 2 aromatic rings. The van der Waals surface area contributed by atoms with Crippen molar-refractivity contribution in [3.8, 4) is 5.75 Å². The lowest BCUT2D eigenvalue weighted by Crippen LogP contribution is -2.47. The summed E-state index contributed by atoms with van der Waals surface area (Å²) in [6.07, 6.45) is 7.15. The van der Waals surface area contributed by atoms with Crippen molar-refractivity contribution >= 4 is 29.1 Å². The number of piperidine rings is 1. The van der Waals surface area contributed by atoms with E-state index in [4.69, 9.17) is 27.7 Å². The van der Waals surface area contributed by atoms with Crippen molar-refractivity contribution in [1.82, 2.24) is 14.8 Å². The number of likely N-dealkylation sites (tertiary alicyclic amines) is 2. The summed E-state index contributed by atoms with van der Waals surface area (Å²) in [7, 11) is 0. The van der Waals surface area contributed by atoms with Gasteiger partial charge in [-0.25, -0.2) is 9.78 Å². The second kappa shape index (κ2) is 14.1. The lowest BCUT2D eigenvalue weighted by atomic mass is 10.0. The van der Waals surface area contributed by atoms with Crippen molar-refractivity contribution < 1.29 is 9.53 Å². The molecule has 34 heavy (non-hydrogen) atoms. The zero-order chi connectivity index (χ0) is 24.9. The largest absolute Gasteiger partial charge is 0.415 e. The van der Waals surface area contributed by atoms with E-state index in [1.165, 1.54) is 38.8 Å². The van der Waals surface area contributed by atoms with Crippen LogP contribution in [0.4, 0.5) is 27.8 Å². The van der Waals surface area contributed by atoms with Gasteiger partial charge in [0.15, 0.2) is 5.75 Å². The third kappa shape index (κ3) is 8.30. The van der Waals surface area contributed by atoms with Gasteiger partial charge in [-0.05, 0) is 63.0 Å². The monoisotopic (exact) mass is 471 g/mol. The predicted molar refractivity (Wildman–Crippen MR) is 140 cm³/mol. The maximum Gasteiger partial charge on any atom is 0.415 e. The van der Waals surface area contributed by atoms with Crippen LogP contribution in [-0.2, 0) is 0 Å². The molecule has 2 fully saturated rings. The Balaban J connectivity index is 0.000000311. The summed E-state index contributed by atoms with van der Waals surface area (Å²) in [6, 6.07) is 11.0. The number of para-hydroxylation sites is 2. The second-order valence-corrected chi connectivity index (χ2v) is 8.28. The molecule has 0 saturated carbocycles. The summed E-state index contributed by atoms with van der Waals surface area (Å²) < 4.78 is 5.43. The standard InChI is InChI=1S/C18H27N3O2.C5H8N4.C2H6/c19-16-7-3-4-8-17(16)23-18(22)21-13-9-15(10-14-21)20-11-5-1-2-6-12-20;6-3-1-2-4(7)9-5(3)8;1-2/h3-4,7-8,15H,1-2,5-6,9-14,19H2;1-2H,6H2,(H4,7,8,9);1-2H3. The fourth-order valence-electron chi connectivity index (χ4n) is 4.11. The summed E-state index contributed by atoms with van der Waals surface area (Å²) in [6.45, 7) is 7.98. The van der Waals surface area contributed by atoms with Gasteiger partial charge >= 0.3 is 6.09 Å². The Morgan fingerprint density at radius 2 is 1.47 bits per heavy atom. The van der Waals surface area contributed by atoms with Crippen LogP contribution in [0.1, 0.15) is 52.4 Å². The van der Waals surface area contributed by atoms with Gasteiger partial charge in [0.05, 0.1) is 11.4 Å². The van der Waals surface area contributed by atoms with Crippen LogP contribution in [0.2, 0.25) is 0 Å². The van der Waals surface area contributed by atoms with Gasteiger partial charge in [0.25, 0.3) is 0 Å². The summed E-state index contributed by atoms with van der Waals surface area (Å²) in [5, 5.41) is 0. The molecule has 1 aromatic heterocycles. The highest BCUT2D eigenvalue weighted by Gasteiger charge is 2.28. The molecule has 3 heterocycles. The SMILES string of the molecule is CC.Nc1ccc(N)c(N)n1.Nc1ccccc1OC(=O)N1CCC(N2CCCCCC2)CC1. The topological polar surface area (TPSA) is 150 Å². The molecule has 9 heteroatoms. The number of amides is 1. The van der Waals surface area contributed by atoms with Gasteiger partial charge in [0, 0.05) is 19.1 Å². The highest BCUT2D eigenvalue weighted by molar-refractivity contribution is 5.73. The van der Waals surface area contributed by atoms with Crippen LogP contribution in [0.3, 0.4) is 0 Å². The van der Waals surface area contributed by atoms with E-state index in [9.17, 15) is 4.79 Å². The Bertz CT molecular complexity index is 877. The average Bonchev–Trinajstić information content (AvgIpc) is 3.15. The Kier molecular flexibility index (Phi) is 11.3. The highest BCUT2D eigenvalue weighted by Crippen LogP contribution is 2.24. The zero-order valence-electron chi connectivity index (χ0n) is 20.6. The maximum atomic E-state index is 12.3. The van der Waals surface area contributed by atoms with Gasteiger partial charge in [-0.15, -0.1) is 0 Å². The lowest BCUT2D eigenvalue weighted by molar-refractivity contribution is 0.100. The number of pyridine rings is 1. The van der Waals surface area contributed by atoms with E-state index in [0.717, 1.165) is 25.9 Å². The minimum Gasteiger partial charge on any atom is -0.408 e. The molecule has 0 radical (unpaired) electrons. The molecular weight excluding hydrogens is 430 g/mol. The van der Waals surface area contributed by atoms with Crippen molar-refractivity contribution in [3.05, 3.63) is 36.4 Å². The Morgan fingerprint density at radius 1 is 0.853 bits per heavy atom. The third-order valence-corrected chi connectivity index (χ3v) is 5.97. The molecular formula is C25H41N7O2. The molecule has 1 amide bonds. The van der Waals surface area contributed by atoms with E-state index >= 15 is 0 Å². The summed E-state index contributed by atoms with van der Waals surface area (Å²) in [4.78, 5) is 20.4. The first-order valence-corrected chi connectivity index (χ1v) is 12.3. The van der Waals surface area contributed by atoms with Gasteiger partial charge in [-0.1, -0.05) is 38.8 Å². The number of carbonyl (C=O) groups is 1. The Morgan fingerprint density at radius 3 is 2.03 bits per heavy atom. The van der Waals surface area contributed by atoms with Gasteiger partial charge in [-0.2, -0.15) is 0 Å². The first kappa shape index (κ1) is 27.0. The maximum absolute atomic E-state index is 12.3. The van der Waals surface area contributed by atoms with Gasteiger partial charge in [0.1, 0.15) is 11.6 Å². The third-order valence-electron chi connectivity index (χ3n) is 5.97. The van der Waals surface area contributed by atoms with E-state index in [1.54, 1.807) is 29.2 Å². The van der Waals surface area contributed by atoms with E-state index in [-0.39, 0.29) is 11.9 Å². The van der Waals surface area contributed by atoms with Crippen LogP contribution in [0, 0.1) is 0 Å². The molecule has 0 unspecified atom stereocenters. The fraction of sp³-hybridized carbons (Fsp3) is 0.520.